The summed E-state index contributed by atoms with van der Waals surface area (Å²) in [5.41, 5.74) is 11.0. The highest BCUT2D eigenvalue weighted by atomic mass is 19.4. The van der Waals surface area contributed by atoms with Crippen molar-refractivity contribution in [3.63, 3.8) is 0 Å². The van der Waals surface area contributed by atoms with Gasteiger partial charge in [0, 0.05) is 48.9 Å². The topological polar surface area (TPSA) is 171 Å². The van der Waals surface area contributed by atoms with Crippen LogP contribution in [0.1, 0.15) is 75.9 Å². The third-order valence-corrected chi connectivity index (χ3v) is 8.85. The molecular weight excluding hydrogens is 683 g/mol. The Kier molecular flexibility index (Phi) is 12.2. The van der Waals surface area contributed by atoms with Crippen molar-refractivity contribution >= 4 is 41.0 Å². The number of hydrogen-bond donors (Lipinski definition) is 4. The second kappa shape index (κ2) is 16.7. The SMILES string of the molecule is NCCCCCC(=O)N1CCc2ccc(NC(=O)c3ccc(CN(C(=O)c4ccc5c(c4)OCC(=O)N5)C4CC4)cc3)cc2C1.O=C(O)C(F)(F)F. The zero-order valence-electron chi connectivity index (χ0n) is 28.3. The molecule has 12 nitrogen and oxygen atoms in total. The van der Waals surface area contributed by atoms with Crippen molar-refractivity contribution in [2.45, 2.75) is 70.3 Å². The molecule has 4 amide bonds. The molecule has 3 aromatic rings. The summed E-state index contributed by atoms with van der Waals surface area (Å²) in [7, 11) is 0. The summed E-state index contributed by atoms with van der Waals surface area (Å²) in [5, 5.41) is 12.9. The Labute approximate surface area is 298 Å². The van der Waals surface area contributed by atoms with Crippen molar-refractivity contribution in [2.75, 3.05) is 30.3 Å². The van der Waals surface area contributed by atoms with Gasteiger partial charge in [0.25, 0.3) is 17.7 Å². The molecule has 0 radical (unpaired) electrons. The van der Waals surface area contributed by atoms with E-state index in [2.05, 4.69) is 10.6 Å². The number of carbonyl (C=O) groups is 5. The molecule has 0 aromatic heterocycles. The van der Waals surface area contributed by atoms with Crippen LogP contribution in [-0.2, 0) is 33.9 Å². The van der Waals surface area contributed by atoms with E-state index in [0.717, 1.165) is 49.7 Å². The van der Waals surface area contributed by atoms with Crippen LogP contribution in [0.3, 0.4) is 0 Å². The second-order valence-electron chi connectivity index (χ2n) is 12.8. The van der Waals surface area contributed by atoms with Gasteiger partial charge >= 0.3 is 12.1 Å². The fourth-order valence-corrected chi connectivity index (χ4v) is 5.89. The number of unbranched alkanes of at least 4 members (excludes halogenated alkanes) is 2. The molecule has 0 bridgehead atoms. The van der Waals surface area contributed by atoms with Crippen LogP contribution in [0, 0.1) is 0 Å². The van der Waals surface area contributed by atoms with Crippen molar-refractivity contribution in [1.29, 1.82) is 0 Å². The Morgan fingerprint density at radius 1 is 0.962 bits per heavy atom. The quantitative estimate of drug-likeness (QED) is 0.198. The molecule has 276 valence electrons. The molecule has 1 saturated carbocycles. The van der Waals surface area contributed by atoms with E-state index < -0.39 is 12.1 Å². The predicted molar refractivity (Wildman–Crippen MR) is 185 cm³/mol. The van der Waals surface area contributed by atoms with Crippen LogP contribution in [0.25, 0.3) is 0 Å². The summed E-state index contributed by atoms with van der Waals surface area (Å²) in [6, 6.07) is 18.5. The Morgan fingerprint density at radius 3 is 2.35 bits per heavy atom. The van der Waals surface area contributed by atoms with Gasteiger partial charge in [0.1, 0.15) is 5.75 Å². The number of aliphatic carboxylic acids is 1. The fraction of sp³-hybridized carbons (Fsp3) is 0.378. The number of nitrogens with one attached hydrogen (secondary N) is 2. The van der Waals surface area contributed by atoms with Gasteiger partial charge in [-0.1, -0.05) is 24.6 Å². The largest absolute Gasteiger partial charge is 0.490 e. The lowest BCUT2D eigenvalue weighted by Crippen LogP contribution is -2.35. The van der Waals surface area contributed by atoms with Gasteiger partial charge in [0.05, 0.1) is 5.69 Å². The number of carboxylic acid groups (broad SMARTS) is 1. The van der Waals surface area contributed by atoms with Crippen LogP contribution in [0.5, 0.6) is 5.75 Å². The molecule has 6 rings (SSSR count). The van der Waals surface area contributed by atoms with Crippen molar-refractivity contribution in [1.82, 2.24) is 9.80 Å². The number of ether oxygens (including phenoxy) is 1. The van der Waals surface area contributed by atoms with E-state index in [0.29, 0.717) is 60.9 Å². The van der Waals surface area contributed by atoms with Crippen LogP contribution >= 0.6 is 0 Å². The maximum atomic E-state index is 13.5. The maximum absolute atomic E-state index is 13.5. The number of anilines is 2. The van der Waals surface area contributed by atoms with Crippen molar-refractivity contribution in [2.24, 2.45) is 5.73 Å². The number of carbonyl (C=O) groups excluding carboxylic acids is 4. The van der Waals surface area contributed by atoms with Crippen molar-refractivity contribution in [3.8, 4) is 5.75 Å². The van der Waals surface area contributed by atoms with Crippen LogP contribution in [0.2, 0.25) is 0 Å². The number of alkyl halides is 3. The highest BCUT2D eigenvalue weighted by molar-refractivity contribution is 6.04. The average Bonchev–Trinajstić information content (AvgIpc) is 3.97. The fourth-order valence-electron chi connectivity index (χ4n) is 5.89. The minimum Gasteiger partial charge on any atom is -0.482 e. The smallest absolute Gasteiger partial charge is 0.482 e. The number of benzene rings is 3. The summed E-state index contributed by atoms with van der Waals surface area (Å²) in [6.07, 6.45) is 0.924. The Balaban J connectivity index is 0.000000679. The molecule has 0 spiro atoms. The lowest BCUT2D eigenvalue weighted by molar-refractivity contribution is -0.192. The monoisotopic (exact) mass is 723 g/mol. The number of amides is 4. The zero-order valence-corrected chi connectivity index (χ0v) is 28.3. The molecular formula is C37H40F3N5O7. The number of hydrogen-bond acceptors (Lipinski definition) is 7. The number of halogens is 3. The number of nitrogens with zero attached hydrogens (tertiary/aromatic N) is 2. The molecule has 3 aliphatic rings. The summed E-state index contributed by atoms with van der Waals surface area (Å²) in [4.78, 5) is 63.6. The molecule has 0 atom stereocenters. The van der Waals surface area contributed by atoms with Gasteiger partial charge in [-0.2, -0.15) is 13.2 Å². The van der Waals surface area contributed by atoms with Gasteiger partial charge < -0.3 is 36.0 Å². The van der Waals surface area contributed by atoms with Crippen LogP contribution in [0.15, 0.2) is 60.7 Å². The molecule has 0 unspecified atom stereocenters. The molecule has 1 fully saturated rings. The summed E-state index contributed by atoms with van der Waals surface area (Å²) in [5.74, 6) is -2.63. The first kappa shape index (κ1) is 37.8. The van der Waals surface area contributed by atoms with E-state index in [-0.39, 0.29) is 36.3 Å². The molecule has 15 heteroatoms. The van der Waals surface area contributed by atoms with Crippen LogP contribution in [-0.4, -0.2) is 76.4 Å². The van der Waals surface area contributed by atoms with Gasteiger partial charge in [0.15, 0.2) is 6.61 Å². The number of fused-ring (bicyclic) bond motifs is 2. The van der Waals surface area contributed by atoms with E-state index in [4.69, 9.17) is 20.4 Å². The molecule has 52 heavy (non-hydrogen) atoms. The van der Waals surface area contributed by atoms with E-state index in [1.807, 2.05) is 40.1 Å². The highest BCUT2D eigenvalue weighted by Crippen LogP contribution is 2.33. The number of rotatable bonds is 11. The van der Waals surface area contributed by atoms with Gasteiger partial charge in [-0.15, -0.1) is 0 Å². The first-order chi connectivity index (χ1) is 24.8. The second-order valence-corrected chi connectivity index (χ2v) is 12.8. The summed E-state index contributed by atoms with van der Waals surface area (Å²) in [6.45, 7) is 2.27. The van der Waals surface area contributed by atoms with Crippen molar-refractivity contribution in [3.05, 3.63) is 88.5 Å². The lowest BCUT2D eigenvalue weighted by atomic mass is 9.98. The first-order valence-corrected chi connectivity index (χ1v) is 17.0. The minimum atomic E-state index is -5.08. The van der Waals surface area contributed by atoms with Gasteiger partial charge in [0.2, 0.25) is 5.91 Å². The average molecular weight is 724 g/mol. The third kappa shape index (κ3) is 10.1. The van der Waals surface area contributed by atoms with E-state index >= 15 is 0 Å². The molecule has 3 aromatic carbocycles. The highest BCUT2D eigenvalue weighted by Gasteiger charge is 2.38. The van der Waals surface area contributed by atoms with Crippen LogP contribution < -0.4 is 21.1 Å². The molecule has 0 saturated heterocycles. The Bertz CT molecular complexity index is 1810. The van der Waals surface area contributed by atoms with Gasteiger partial charge in [-0.25, -0.2) is 4.79 Å². The Hall–Kier alpha value is -5.44. The number of nitrogens with two attached hydrogens (primary N) is 1. The molecule has 1 aliphatic carbocycles. The lowest BCUT2D eigenvalue weighted by Gasteiger charge is -2.29. The molecule has 2 heterocycles. The standard InChI is InChI=1S/C35H39N5O5.C2HF3O2/c36-16-3-1-2-4-33(42)39-17-15-24-9-11-28(18-27(24)21-39)37-34(43)25-7-5-23(6-8-25)20-40(29-12-13-29)35(44)26-10-14-30-31(19-26)45-22-32(41)38-30;3-2(4,5)1(6)7/h5-11,14,18-19,29H,1-4,12-13,15-17,20-22,36H2,(H,37,43)(H,38,41);(H,6,7). The zero-order chi connectivity index (χ0) is 37.4. The molecule has 2 aliphatic heterocycles. The van der Waals surface area contributed by atoms with E-state index in [1.165, 1.54) is 5.56 Å². The van der Waals surface area contributed by atoms with E-state index in [9.17, 15) is 32.3 Å². The minimum absolute atomic E-state index is 0.0702. The number of carboxylic acids is 1. The van der Waals surface area contributed by atoms with Gasteiger partial charge in [-0.05, 0) is 97.8 Å². The summed E-state index contributed by atoms with van der Waals surface area (Å²) >= 11 is 0. The van der Waals surface area contributed by atoms with Gasteiger partial charge in [-0.3, -0.25) is 19.2 Å². The summed E-state index contributed by atoms with van der Waals surface area (Å²) < 4.78 is 37.2. The van der Waals surface area contributed by atoms with Crippen molar-refractivity contribution < 1.29 is 47.0 Å². The predicted octanol–water partition coefficient (Wildman–Crippen LogP) is 5.11. The normalized spacial score (nSPS) is 14.8. The third-order valence-electron chi connectivity index (χ3n) is 8.85. The molecule has 5 N–H and O–H groups in total. The van der Waals surface area contributed by atoms with Crippen LogP contribution in [0.4, 0.5) is 24.5 Å². The maximum Gasteiger partial charge on any atom is 0.490 e. The van der Waals surface area contributed by atoms with E-state index in [1.54, 1.807) is 30.3 Å². The Morgan fingerprint density at radius 2 is 1.67 bits per heavy atom. The first-order valence-electron chi connectivity index (χ1n) is 17.0.